The molecule has 3 heterocycles. The summed E-state index contributed by atoms with van der Waals surface area (Å²) in [5.41, 5.74) is 1.10. The van der Waals surface area contributed by atoms with Crippen LogP contribution in [0.3, 0.4) is 0 Å². The van der Waals surface area contributed by atoms with E-state index in [4.69, 9.17) is 4.52 Å². The normalized spacial score (nSPS) is 19.7. The van der Waals surface area contributed by atoms with Crippen LogP contribution in [0.4, 0.5) is 0 Å². The molecule has 2 aliphatic rings. The van der Waals surface area contributed by atoms with E-state index in [0.717, 1.165) is 38.2 Å². The van der Waals surface area contributed by atoms with E-state index in [1.54, 1.807) is 10.7 Å². The summed E-state index contributed by atoms with van der Waals surface area (Å²) < 4.78 is 6.86. The maximum absolute atomic E-state index is 12.1. The van der Waals surface area contributed by atoms with Gasteiger partial charge in [-0.3, -0.25) is 9.69 Å². The average molecular weight is 329 g/mol. The van der Waals surface area contributed by atoms with Crippen molar-refractivity contribution >= 4 is 0 Å². The maximum Gasteiger partial charge on any atom is 0.266 e. The van der Waals surface area contributed by atoms with Crippen molar-refractivity contribution in [1.29, 1.82) is 0 Å². The van der Waals surface area contributed by atoms with Crippen molar-refractivity contribution in [1.82, 2.24) is 24.8 Å². The zero-order valence-corrected chi connectivity index (χ0v) is 14.0. The second-order valence-electron chi connectivity index (χ2n) is 7.01. The molecule has 0 spiro atoms. The third-order valence-electron chi connectivity index (χ3n) is 4.95. The number of nitrogens with zero attached hydrogens (tertiary/aromatic N) is 5. The number of rotatable bonds is 5. The van der Waals surface area contributed by atoms with Gasteiger partial charge in [-0.25, -0.2) is 4.68 Å². The molecule has 0 aromatic carbocycles. The van der Waals surface area contributed by atoms with Crippen LogP contribution in [0.25, 0.3) is 0 Å². The van der Waals surface area contributed by atoms with Gasteiger partial charge in [0.2, 0.25) is 5.89 Å². The minimum absolute atomic E-state index is 0.0168. The molecule has 0 amide bonds. The van der Waals surface area contributed by atoms with Crippen molar-refractivity contribution in [3.05, 3.63) is 39.9 Å². The van der Waals surface area contributed by atoms with Crippen molar-refractivity contribution in [2.24, 2.45) is 5.92 Å². The lowest BCUT2D eigenvalue weighted by Crippen LogP contribution is -2.36. The van der Waals surface area contributed by atoms with Crippen LogP contribution in [0.2, 0.25) is 0 Å². The Hall–Kier alpha value is -2.02. The fourth-order valence-electron chi connectivity index (χ4n) is 3.36. The highest BCUT2D eigenvalue weighted by atomic mass is 16.5. The predicted molar refractivity (Wildman–Crippen MR) is 87.5 cm³/mol. The highest BCUT2D eigenvalue weighted by Gasteiger charge is 2.26. The van der Waals surface area contributed by atoms with Crippen LogP contribution in [0, 0.1) is 12.8 Å². The average Bonchev–Trinajstić information content (AvgIpc) is 3.35. The van der Waals surface area contributed by atoms with Crippen molar-refractivity contribution in [2.75, 3.05) is 13.1 Å². The third kappa shape index (κ3) is 3.56. The first-order chi connectivity index (χ1) is 11.7. The van der Waals surface area contributed by atoms with E-state index in [2.05, 4.69) is 20.1 Å². The molecule has 0 bridgehead atoms. The quantitative estimate of drug-likeness (QED) is 0.831. The van der Waals surface area contributed by atoms with Crippen LogP contribution in [0.5, 0.6) is 0 Å². The molecule has 2 fully saturated rings. The molecule has 2 aromatic heterocycles. The molecule has 7 nitrogen and oxygen atoms in total. The Kier molecular flexibility index (Phi) is 4.18. The van der Waals surface area contributed by atoms with Gasteiger partial charge in [0, 0.05) is 18.5 Å². The van der Waals surface area contributed by atoms with Crippen molar-refractivity contribution in [3.63, 3.8) is 0 Å². The lowest BCUT2D eigenvalue weighted by atomic mass is 9.97. The first-order valence-corrected chi connectivity index (χ1v) is 8.77. The molecule has 0 radical (unpaired) electrons. The van der Waals surface area contributed by atoms with Gasteiger partial charge in [0.05, 0.1) is 12.2 Å². The standard InChI is InChI=1S/C17H23N5O2/c1-12-18-16(24-20-12)11-21-8-6-13(7-9-21)10-22-17(23)5-4-15(19-22)14-2-3-14/h4-5,13-14H,2-3,6-11H2,1H3. The Morgan fingerprint density at radius 3 is 2.67 bits per heavy atom. The third-order valence-corrected chi connectivity index (χ3v) is 4.95. The molecule has 1 saturated carbocycles. The van der Waals surface area contributed by atoms with Gasteiger partial charge in [0.25, 0.3) is 5.56 Å². The van der Waals surface area contributed by atoms with Crippen LogP contribution in [-0.2, 0) is 13.1 Å². The highest BCUT2D eigenvalue weighted by molar-refractivity contribution is 5.12. The molecule has 7 heteroatoms. The first-order valence-electron chi connectivity index (χ1n) is 8.77. The zero-order valence-electron chi connectivity index (χ0n) is 14.0. The summed E-state index contributed by atoms with van der Waals surface area (Å²) in [5.74, 6) is 2.45. The Morgan fingerprint density at radius 1 is 1.21 bits per heavy atom. The second-order valence-corrected chi connectivity index (χ2v) is 7.01. The molecule has 0 atom stereocenters. The Morgan fingerprint density at radius 2 is 2.00 bits per heavy atom. The summed E-state index contributed by atoms with van der Waals surface area (Å²) in [4.78, 5) is 18.7. The van der Waals surface area contributed by atoms with Crippen LogP contribution in [0.15, 0.2) is 21.5 Å². The molecule has 2 aromatic rings. The zero-order chi connectivity index (χ0) is 16.5. The molecular formula is C17H23N5O2. The smallest absolute Gasteiger partial charge is 0.266 e. The van der Waals surface area contributed by atoms with E-state index in [9.17, 15) is 4.79 Å². The van der Waals surface area contributed by atoms with E-state index in [-0.39, 0.29) is 5.56 Å². The number of aryl methyl sites for hydroxylation is 1. The van der Waals surface area contributed by atoms with Crippen molar-refractivity contribution < 1.29 is 4.52 Å². The summed E-state index contributed by atoms with van der Waals surface area (Å²) in [6.07, 6.45) is 4.54. The van der Waals surface area contributed by atoms with Gasteiger partial charge in [-0.15, -0.1) is 0 Å². The fraction of sp³-hybridized carbons (Fsp3) is 0.647. The van der Waals surface area contributed by atoms with Crippen molar-refractivity contribution in [2.45, 2.75) is 51.6 Å². The Bertz CT molecular complexity index is 756. The van der Waals surface area contributed by atoms with Gasteiger partial charge in [-0.2, -0.15) is 10.1 Å². The molecule has 0 N–H and O–H groups in total. The molecule has 24 heavy (non-hydrogen) atoms. The second kappa shape index (κ2) is 6.47. The van der Waals surface area contributed by atoms with Gasteiger partial charge >= 0.3 is 0 Å². The van der Waals surface area contributed by atoms with Gasteiger partial charge in [0.15, 0.2) is 5.82 Å². The summed E-state index contributed by atoms with van der Waals surface area (Å²) in [6.45, 7) is 5.25. The van der Waals surface area contributed by atoms with E-state index >= 15 is 0 Å². The molecule has 128 valence electrons. The number of hydrogen-bond acceptors (Lipinski definition) is 6. The molecule has 4 rings (SSSR count). The molecule has 0 unspecified atom stereocenters. The number of piperidine rings is 1. The van der Waals surface area contributed by atoms with Gasteiger partial charge < -0.3 is 4.52 Å². The summed E-state index contributed by atoms with van der Waals surface area (Å²) in [6, 6.07) is 3.57. The monoisotopic (exact) mass is 329 g/mol. The van der Waals surface area contributed by atoms with Gasteiger partial charge in [0.1, 0.15) is 0 Å². The van der Waals surface area contributed by atoms with Crippen LogP contribution in [-0.4, -0.2) is 37.9 Å². The topological polar surface area (TPSA) is 77.0 Å². The lowest BCUT2D eigenvalue weighted by molar-refractivity contribution is 0.148. The minimum atomic E-state index is 0.0168. The summed E-state index contributed by atoms with van der Waals surface area (Å²) >= 11 is 0. The Labute approximate surface area is 140 Å². The maximum atomic E-state index is 12.1. The van der Waals surface area contributed by atoms with Gasteiger partial charge in [-0.1, -0.05) is 5.16 Å². The molecule has 1 aliphatic carbocycles. The largest absolute Gasteiger partial charge is 0.338 e. The lowest BCUT2D eigenvalue weighted by Gasteiger charge is -2.30. The molecular weight excluding hydrogens is 306 g/mol. The number of aromatic nitrogens is 4. The predicted octanol–water partition coefficient (Wildman–Crippen LogP) is 1.72. The van der Waals surface area contributed by atoms with Crippen LogP contribution < -0.4 is 5.56 Å². The van der Waals surface area contributed by atoms with E-state index < -0.39 is 0 Å². The molecule has 1 aliphatic heterocycles. The number of hydrogen-bond donors (Lipinski definition) is 0. The van der Waals surface area contributed by atoms with Crippen molar-refractivity contribution in [3.8, 4) is 0 Å². The SMILES string of the molecule is Cc1noc(CN2CCC(Cn3nc(C4CC4)ccc3=O)CC2)n1. The van der Waals surface area contributed by atoms with Crippen LogP contribution in [0.1, 0.15) is 49.0 Å². The Balaban J connectivity index is 1.33. The van der Waals surface area contributed by atoms with Crippen LogP contribution >= 0.6 is 0 Å². The van der Waals surface area contributed by atoms with E-state index in [1.807, 2.05) is 13.0 Å². The fourth-order valence-corrected chi connectivity index (χ4v) is 3.36. The highest BCUT2D eigenvalue weighted by Crippen LogP contribution is 2.38. The number of likely N-dealkylation sites (tertiary alicyclic amines) is 1. The molecule has 1 saturated heterocycles. The van der Waals surface area contributed by atoms with E-state index in [0.29, 0.717) is 30.1 Å². The summed E-state index contributed by atoms with van der Waals surface area (Å²) in [5, 5.41) is 8.41. The van der Waals surface area contributed by atoms with Gasteiger partial charge in [-0.05, 0) is 57.7 Å². The summed E-state index contributed by atoms with van der Waals surface area (Å²) in [7, 11) is 0. The van der Waals surface area contributed by atoms with E-state index in [1.165, 1.54) is 12.8 Å². The first kappa shape index (κ1) is 15.5. The minimum Gasteiger partial charge on any atom is -0.338 e.